The molecule has 7 heteroatoms. The maximum absolute atomic E-state index is 12.2. The fraction of sp³-hybridized carbons (Fsp3) is 0.571. The first-order valence-electron chi connectivity index (χ1n) is 6.81. The van der Waals surface area contributed by atoms with Gasteiger partial charge in [0.15, 0.2) is 0 Å². The number of nitrogen functional groups attached to an aromatic ring is 1. The first kappa shape index (κ1) is 18.0. The van der Waals surface area contributed by atoms with Crippen LogP contribution in [-0.4, -0.2) is 31.0 Å². The minimum Gasteiger partial charge on any atom is -0.481 e. The third kappa shape index (κ3) is 5.02. The van der Waals surface area contributed by atoms with Crippen LogP contribution in [0.4, 0.5) is 5.82 Å². The van der Waals surface area contributed by atoms with Gasteiger partial charge >= 0.3 is 0 Å². The van der Waals surface area contributed by atoms with E-state index in [1.165, 1.54) is 7.11 Å². The van der Waals surface area contributed by atoms with E-state index in [2.05, 4.69) is 10.3 Å². The number of rotatable bonds is 5. The van der Waals surface area contributed by atoms with Crippen LogP contribution in [-0.2, 0) is 11.2 Å². The van der Waals surface area contributed by atoms with Gasteiger partial charge in [0.1, 0.15) is 11.6 Å². The van der Waals surface area contributed by atoms with Crippen LogP contribution in [0.15, 0.2) is 6.07 Å². The summed E-state index contributed by atoms with van der Waals surface area (Å²) >= 11 is 5.96. The number of methoxy groups -OCH3 is 1. The van der Waals surface area contributed by atoms with Crippen molar-refractivity contribution >= 4 is 35.6 Å². The Labute approximate surface area is 136 Å². The van der Waals surface area contributed by atoms with E-state index in [1.807, 2.05) is 0 Å². The maximum Gasteiger partial charge on any atom is 0.218 e. The fourth-order valence-electron chi connectivity index (χ4n) is 2.52. The zero-order valence-electron chi connectivity index (χ0n) is 12.0. The second-order valence-electron chi connectivity index (χ2n) is 5.14. The van der Waals surface area contributed by atoms with Crippen LogP contribution in [0, 0.1) is 5.92 Å². The molecule has 5 nitrogen and oxygen atoms in total. The van der Waals surface area contributed by atoms with Crippen molar-refractivity contribution in [2.24, 2.45) is 5.92 Å². The van der Waals surface area contributed by atoms with Crippen LogP contribution < -0.4 is 15.8 Å². The highest BCUT2D eigenvalue weighted by Gasteiger charge is 2.19. The molecule has 0 bridgehead atoms. The highest BCUT2D eigenvalue weighted by molar-refractivity contribution is 6.32. The van der Waals surface area contributed by atoms with Gasteiger partial charge < -0.3 is 15.8 Å². The summed E-state index contributed by atoms with van der Waals surface area (Å²) in [6.45, 7) is 1.99. The average Bonchev–Trinajstić information content (AvgIpc) is 2.43. The van der Waals surface area contributed by atoms with Crippen LogP contribution in [0.25, 0.3) is 0 Å². The molecule has 0 amide bonds. The summed E-state index contributed by atoms with van der Waals surface area (Å²) in [5, 5.41) is 3.65. The van der Waals surface area contributed by atoms with E-state index in [-0.39, 0.29) is 24.0 Å². The summed E-state index contributed by atoms with van der Waals surface area (Å²) in [6.07, 6.45) is 3.01. The molecule has 1 aliphatic heterocycles. The number of aromatic nitrogens is 1. The number of halogens is 2. The van der Waals surface area contributed by atoms with Crippen molar-refractivity contribution in [3.8, 4) is 5.88 Å². The lowest BCUT2D eigenvalue weighted by Crippen LogP contribution is -2.29. The van der Waals surface area contributed by atoms with Crippen molar-refractivity contribution in [3.05, 3.63) is 16.7 Å². The van der Waals surface area contributed by atoms with Crippen LogP contribution in [0.3, 0.4) is 0 Å². The number of ether oxygens (including phenoxy) is 1. The summed E-state index contributed by atoms with van der Waals surface area (Å²) in [5.41, 5.74) is 6.33. The second-order valence-corrected chi connectivity index (χ2v) is 5.54. The van der Waals surface area contributed by atoms with Gasteiger partial charge in [0.05, 0.1) is 12.1 Å². The number of piperidine rings is 1. The molecule has 2 rings (SSSR count). The molecule has 1 aromatic rings. The van der Waals surface area contributed by atoms with Gasteiger partial charge in [-0.1, -0.05) is 11.6 Å². The Hall–Kier alpha value is -1.04. The predicted octanol–water partition coefficient (Wildman–Crippen LogP) is 2.25. The van der Waals surface area contributed by atoms with Crippen molar-refractivity contribution in [2.75, 3.05) is 25.9 Å². The number of hydrogen-bond acceptors (Lipinski definition) is 5. The standard InChI is InChI=1S/C14H20ClN3O2.ClH/c1-20-14-10(8-12(15)13(16)18-14)7-11(19)6-9-2-4-17-5-3-9;/h8-9,17H,2-7H2,1H3,(H2,16,18);1H. The Morgan fingerprint density at radius 1 is 1.52 bits per heavy atom. The molecule has 0 unspecified atom stereocenters. The van der Waals surface area contributed by atoms with E-state index in [0.29, 0.717) is 35.2 Å². The van der Waals surface area contributed by atoms with E-state index in [4.69, 9.17) is 22.1 Å². The molecule has 1 saturated heterocycles. The average molecular weight is 334 g/mol. The molecular formula is C14H21Cl2N3O2. The summed E-state index contributed by atoms with van der Waals surface area (Å²) < 4.78 is 5.16. The molecule has 0 saturated carbocycles. The lowest BCUT2D eigenvalue weighted by molar-refractivity contribution is -0.119. The quantitative estimate of drug-likeness (QED) is 0.864. The highest BCUT2D eigenvalue weighted by atomic mass is 35.5. The number of nitrogens with two attached hydrogens (primary N) is 1. The molecular weight excluding hydrogens is 313 g/mol. The number of carbonyl (C=O) groups is 1. The van der Waals surface area contributed by atoms with Crippen molar-refractivity contribution in [2.45, 2.75) is 25.7 Å². The normalized spacial score (nSPS) is 15.3. The van der Waals surface area contributed by atoms with Gasteiger partial charge in [0.2, 0.25) is 5.88 Å². The lowest BCUT2D eigenvalue weighted by atomic mass is 9.91. The number of pyridine rings is 1. The summed E-state index contributed by atoms with van der Waals surface area (Å²) in [7, 11) is 1.51. The molecule has 1 aliphatic rings. The SMILES string of the molecule is COc1nc(N)c(Cl)cc1CC(=O)CC1CCNCC1.Cl. The van der Waals surface area contributed by atoms with E-state index in [9.17, 15) is 4.79 Å². The number of Topliss-reactive ketones (excluding diaryl/α,β-unsaturated/α-hetero) is 1. The van der Waals surface area contributed by atoms with E-state index < -0.39 is 0 Å². The van der Waals surface area contributed by atoms with Crippen LogP contribution in [0.5, 0.6) is 5.88 Å². The van der Waals surface area contributed by atoms with Gasteiger partial charge in [-0.25, -0.2) is 0 Å². The van der Waals surface area contributed by atoms with E-state index >= 15 is 0 Å². The van der Waals surface area contributed by atoms with Crippen molar-refractivity contribution in [1.82, 2.24) is 10.3 Å². The molecule has 0 radical (unpaired) electrons. The van der Waals surface area contributed by atoms with Crippen molar-refractivity contribution in [1.29, 1.82) is 0 Å². The predicted molar refractivity (Wildman–Crippen MR) is 86.4 cm³/mol. The Morgan fingerprint density at radius 2 is 2.19 bits per heavy atom. The molecule has 0 spiro atoms. The minimum absolute atomic E-state index is 0. The molecule has 21 heavy (non-hydrogen) atoms. The lowest BCUT2D eigenvalue weighted by Gasteiger charge is -2.21. The maximum atomic E-state index is 12.2. The molecule has 118 valence electrons. The molecule has 0 aliphatic carbocycles. The largest absolute Gasteiger partial charge is 0.481 e. The first-order chi connectivity index (χ1) is 9.60. The highest BCUT2D eigenvalue weighted by Crippen LogP contribution is 2.26. The molecule has 2 heterocycles. The number of hydrogen-bond donors (Lipinski definition) is 2. The number of carbonyl (C=O) groups excluding carboxylic acids is 1. The molecule has 0 atom stereocenters. The summed E-state index contributed by atoms with van der Waals surface area (Å²) in [4.78, 5) is 16.2. The number of anilines is 1. The Morgan fingerprint density at radius 3 is 2.81 bits per heavy atom. The van der Waals surface area contributed by atoms with Crippen LogP contribution >= 0.6 is 24.0 Å². The monoisotopic (exact) mass is 333 g/mol. The van der Waals surface area contributed by atoms with Gasteiger partial charge in [0.25, 0.3) is 0 Å². The molecule has 3 N–H and O–H groups in total. The van der Waals surface area contributed by atoms with Gasteiger partial charge in [0, 0.05) is 18.4 Å². The Kier molecular flexibility index (Phi) is 7.22. The van der Waals surface area contributed by atoms with Crippen LogP contribution in [0.1, 0.15) is 24.8 Å². The topological polar surface area (TPSA) is 77.2 Å². The Balaban J connectivity index is 0.00000220. The van der Waals surface area contributed by atoms with Crippen molar-refractivity contribution < 1.29 is 9.53 Å². The third-order valence-corrected chi connectivity index (χ3v) is 3.90. The molecule has 0 aromatic carbocycles. The van der Waals surface area contributed by atoms with Gasteiger partial charge in [-0.05, 0) is 37.9 Å². The summed E-state index contributed by atoms with van der Waals surface area (Å²) in [6, 6.07) is 1.67. The van der Waals surface area contributed by atoms with Gasteiger partial charge in [-0.15, -0.1) is 12.4 Å². The summed E-state index contributed by atoms with van der Waals surface area (Å²) in [5.74, 6) is 1.27. The first-order valence-corrected chi connectivity index (χ1v) is 7.19. The smallest absolute Gasteiger partial charge is 0.218 e. The minimum atomic E-state index is 0. The number of nitrogens with zero attached hydrogens (tertiary/aromatic N) is 1. The number of ketones is 1. The Bertz CT molecular complexity index is 491. The second kappa shape index (κ2) is 8.41. The van der Waals surface area contributed by atoms with E-state index in [1.54, 1.807) is 6.07 Å². The van der Waals surface area contributed by atoms with Gasteiger partial charge in [-0.2, -0.15) is 4.98 Å². The van der Waals surface area contributed by atoms with Crippen LogP contribution in [0.2, 0.25) is 5.02 Å². The molecule has 1 fully saturated rings. The number of nitrogens with one attached hydrogen (secondary N) is 1. The van der Waals surface area contributed by atoms with Gasteiger partial charge in [-0.3, -0.25) is 4.79 Å². The fourth-order valence-corrected chi connectivity index (χ4v) is 2.69. The zero-order chi connectivity index (χ0) is 14.5. The molecule has 1 aromatic heterocycles. The van der Waals surface area contributed by atoms with E-state index in [0.717, 1.165) is 25.9 Å². The zero-order valence-corrected chi connectivity index (χ0v) is 13.6. The van der Waals surface area contributed by atoms with Crippen molar-refractivity contribution in [3.63, 3.8) is 0 Å². The third-order valence-electron chi connectivity index (χ3n) is 3.60.